The van der Waals surface area contributed by atoms with Gasteiger partial charge < -0.3 is 18.9 Å². The van der Waals surface area contributed by atoms with Gasteiger partial charge in [-0.25, -0.2) is 4.98 Å². The SMILES string of the molecule is CCCCCCCCC(CCCCCC)C(=O)OCCCCCOC(=O)CCC(SSc1ccccn1)C(=O)OCCCCCOC(=O)C(CCCCCC)CCCCCCCC. The third kappa shape index (κ3) is 34.7. The Morgan fingerprint density at radius 2 is 0.841 bits per heavy atom. The van der Waals surface area contributed by atoms with Crippen molar-refractivity contribution in [2.75, 3.05) is 26.4 Å². The number of unbranched alkanes of at least 4 members (excludes halogenated alkanes) is 20. The Labute approximate surface area is 393 Å². The summed E-state index contributed by atoms with van der Waals surface area (Å²) < 4.78 is 22.6. The molecular weight excluding hydrogens is 831 g/mol. The summed E-state index contributed by atoms with van der Waals surface area (Å²) in [6.45, 7) is 10.2. The molecule has 3 unspecified atom stereocenters. The molecule has 0 fully saturated rings. The predicted octanol–water partition coefficient (Wildman–Crippen LogP) is 15.2. The summed E-state index contributed by atoms with van der Waals surface area (Å²) in [4.78, 5) is 56.2. The van der Waals surface area contributed by atoms with Crippen LogP contribution in [0.4, 0.5) is 0 Å². The van der Waals surface area contributed by atoms with E-state index in [0.717, 1.165) is 82.1 Å². The second-order valence-electron chi connectivity index (χ2n) is 17.4. The van der Waals surface area contributed by atoms with Crippen molar-refractivity contribution in [3.8, 4) is 0 Å². The van der Waals surface area contributed by atoms with Crippen molar-refractivity contribution in [1.29, 1.82) is 0 Å². The minimum absolute atomic E-state index is 0.000906. The van der Waals surface area contributed by atoms with Gasteiger partial charge in [-0.05, 0) is 93.6 Å². The summed E-state index contributed by atoms with van der Waals surface area (Å²) in [7, 11) is 2.74. The fourth-order valence-corrected chi connectivity index (χ4v) is 9.84. The normalized spacial score (nSPS) is 12.7. The predicted molar refractivity (Wildman–Crippen MR) is 263 cm³/mol. The van der Waals surface area contributed by atoms with E-state index in [-0.39, 0.29) is 48.7 Å². The Morgan fingerprint density at radius 3 is 1.27 bits per heavy atom. The first-order chi connectivity index (χ1) is 30.9. The lowest BCUT2D eigenvalue weighted by Crippen LogP contribution is -2.22. The second-order valence-corrected chi connectivity index (χ2v) is 19.8. The van der Waals surface area contributed by atoms with Gasteiger partial charge in [-0.2, -0.15) is 0 Å². The van der Waals surface area contributed by atoms with E-state index in [9.17, 15) is 19.2 Å². The van der Waals surface area contributed by atoms with E-state index in [2.05, 4.69) is 32.7 Å². The number of carbonyl (C=O) groups excluding carboxylic acids is 4. The van der Waals surface area contributed by atoms with Crippen LogP contribution in [0.2, 0.25) is 0 Å². The summed E-state index contributed by atoms with van der Waals surface area (Å²) in [5, 5.41) is 0.219. The molecule has 0 bridgehead atoms. The highest BCUT2D eigenvalue weighted by molar-refractivity contribution is 8.77. The number of aromatic nitrogens is 1. The smallest absolute Gasteiger partial charge is 0.319 e. The Balaban J connectivity index is 2.42. The first-order valence-electron chi connectivity index (χ1n) is 25.8. The maximum atomic E-state index is 13.2. The van der Waals surface area contributed by atoms with Crippen molar-refractivity contribution in [2.45, 2.75) is 243 Å². The largest absolute Gasteiger partial charge is 0.466 e. The van der Waals surface area contributed by atoms with Crippen LogP contribution < -0.4 is 0 Å². The molecule has 9 nitrogen and oxygen atoms in total. The minimum Gasteiger partial charge on any atom is -0.466 e. The van der Waals surface area contributed by atoms with E-state index in [0.29, 0.717) is 39.1 Å². The fourth-order valence-electron chi connectivity index (χ4n) is 7.56. The van der Waals surface area contributed by atoms with E-state index in [1.54, 1.807) is 6.20 Å². The lowest BCUT2D eigenvalue weighted by Gasteiger charge is -2.16. The van der Waals surface area contributed by atoms with Gasteiger partial charge in [0.05, 0.1) is 38.3 Å². The number of hydrogen-bond acceptors (Lipinski definition) is 11. The van der Waals surface area contributed by atoms with Crippen LogP contribution in [0.3, 0.4) is 0 Å². The molecule has 0 amide bonds. The van der Waals surface area contributed by atoms with E-state index >= 15 is 0 Å². The van der Waals surface area contributed by atoms with Gasteiger partial charge in [-0.1, -0.05) is 173 Å². The van der Waals surface area contributed by atoms with Gasteiger partial charge in [-0.3, -0.25) is 19.2 Å². The van der Waals surface area contributed by atoms with Crippen molar-refractivity contribution < 1.29 is 38.1 Å². The number of rotatable bonds is 45. The maximum absolute atomic E-state index is 13.2. The Hall–Kier alpha value is -2.27. The Kier molecular flexibility index (Phi) is 40.7. The van der Waals surface area contributed by atoms with Crippen LogP contribution >= 0.6 is 21.6 Å². The van der Waals surface area contributed by atoms with E-state index in [1.165, 1.54) is 124 Å². The average Bonchev–Trinajstić information content (AvgIpc) is 3.29. The van der Waals surface area contributed by atoms with Crippen molar-refractivity contribution in [2.24, 2.45) is 11.8 Å². The van der Waals surface area contributed by atoms with E-state index in [4.69, 9.17) is 18.9 Å². The average molecular weight is 922 g/mol. The summed E-state index contributed by atoms with van der Waals surface area (Å²) in [5.41, 5.74) is 0. The van der Waals surface area contributed by atoms with Crippen LogP contribution in [-0.2, 0) is 38.1 Å². The molecule has 3 atom stereocenters. The Morgan fingerprint density at radius 1 is 0.460 bits per heavy atom. The number of pyridine rings is 1. The first-order valence-corrected chi connectivity index (χ1v) is 28.0. The minimum atomic E-state index is -0.558. The van der Waals surface area contributed by atoms with Gasteiger partial charge in [0, 0.05) is 12.6 Å². The topological polar surface area (TPSA) is 118 Å². The van der Waals surface area contributed by atoms with Crippen LogP contribution in [0.15, 0.2) is 29.4 Å². The maximum Gasteiger partial charge on any atom is 0.319 e. The number of esters is 4. The summed E-state index contributed by atoms with van der Waals surface area (Å²) in [6, 6.07) is 5.63. The molecular formula is C52H91NO8S2. The molecule has 0 aliphatic heterocycles. The van der Waals surface area contributed by atoms with Gasteiger partial charge >= 0.3 is 23.9 Å². The molecule has 1 heterocycles. The molecule has 0 aliphatic rings. The summed E-state index contributed by atoms with van der Waals surface area (Å²) >= 11 is 0. The highest BCUT2D eigenvalue weighted by atomic mass is 33.1. The van der Waals surface area contributed by atoms with Gasteiger partial charge in [0.2, 0.25) is 0 Å². The molecule has 11 heteroatoms. The zero-order chi connectivity index (χ0) is 45.9. The molecule has 0 N–H and O–H groups in total. The van der Waals surface area contributed by atoms with Crippen molar-refractivity contribution >= 4 is 45.5 Å². The molecule has 0 radical (unpaired) electrons. The van der Waals surface area contributed by atoms with Crippen molar-refractivity contribution in [3.63, 3.8) is 0 Å². The number of nitrogens with zero attached hydrogens (tertiary/aromatic N) is 1. The lowest BCUT2D eigenvalue weighted by atomic mass is 9.94. The lowest BCUT2D eigenvalue weighted by molar-refractivity contribution is -0.150. The highest BCUT2D eigenvalue weighted by Crippen LogP contribution is 2.36. The number of carbonyl (C=O) groups is 4. The zero-order valence-electron chi connectivity index (χ0n) is 40.5. The number of hydrogen-bond donors (Lipinski definition) is 0. The third-order valence-corrected chi connectivity index (χ3v) is 14.3. The third-order valence-electron chi connectivity index (χ3n) is 11.6. The van der Waals surface area contributed by atoms with Gasteiger partial charge in [-0.15, -0.1) is 0 Å². The van der Waals surface area contributed by atoms with Crippen molar-refractivity contribution in [3.05, 3.63) is 24.4 Å². The highest BCUT2D eigenvalue weighted by Gasteiger charge is 2.24. The molecule has 1 aromatic heterocycles. The molecule has 0 aliphatic carbocycles. The quantitative estimate of drug-likeness (QED) is 0.0269. The molecule has 63 heavy (non-hydrogen) atoms. The molecule has 0 saturated heterocycles. The van der Waals surface area contributed by atoms with Crippen molar-refractivity contribution in [1.82, 2.24) is 4.98 Å². The second kappa shape index (κ2) is 43.6. The van der Waals surface area contributed by atoms with E-state index in [1.807, 2.05) is 18.2 Å². The van der Waals surface area contributed by atoms with Crippen LogP contribution in [0.1, 0.15) is 233 Å². The van der Waals surface area contributed by atoms with Crippen LogP contribution in [0.5, 0.6) is 0 Å². The molecule has 0 spiro atoms. The van der Waals surface area contributed by atoms with Gasteiger partial charge in [0.25, 0.3) is 0 Å². The first kappa shape index (κ1) is 58.7. The summed E-state index contributed by atoms with van der Waals surface area (Å²) in [5.74, 6) is -0.799. The fraction of sp³-hybridized carbons (Fsp3) is 0.827. The molecule has 364 valence electrons. The molecule has 1 aromatic rings. The molecule has 0 saturated carbocycles. The summed E-state index contributed by atoms with van der Waals surface area (Å²) in [6.07, 6.45) is 34.1. The number of ether oxygens (including phenoxy) is 4. The van der Waals surface area contributed by atoms with Crippen LogP contribution in [0.25, 0.3) is 0 Å². The van der Waals surface area contributed by atoms with Gasteiger partial charge in [0.1, 0.15) is 10.3 Å². The Bertz CT molecular complexity index is 1240. The zero-order valence-corrected chi connectivity index (χ0v) is 42.2. The standard InChI is InChI=1S/C52H91NO8S2/c1-5-9-13-17-19-25-35-45(33-23-15-11-7-3)50(55)59-42-30-21-29-41-58-49(54)39-38-47(62-63-48-37-27-28-40-53-48)52(57)61-44-32-22-31-43-60-51(56)46(34-24-16-12-8-4)36-26-20-18-14-10-6-2/h27-28,37,40,45-47H,5-26,29-36,38-39,41-44H2,1-4H3. The van der Waals surface area contributed by atoms with E-state index < -0.39 is 5.25 Å². The van der Waals surface area contributed by atoms with Crippen LogP contribution in [-0.4, -0.2) is 60.5 Å². The monoisotopic (exact) mass is 922 g/mol. The van der Waals surface area contributed by atoms with Crippen LogP contribution in [0, 0.1) is 11.8 Å². The van der Waals surface area contributed by atoms with Gasteiger partial charge in [0.15, 0.2) is 0 Å². The molecule has 0 aromatic carbocycles. The molecule has 1 rings (SSSR count).